The second-order valence-corrected chi connectivity index (χ2v) is 6.59. The lowest BCUT2D eigenvalue weighted by Crippen LogP contribution is -2.30. The summed E-state index contributed by atoms with van der Waals surface area (Å²) in [6.45, 7) is 0.768. The van der Waals surface area contributed by atoms with Crippen LogP contribution in [-0.4, -0.2) is 25.9 Å². The van der Waals surface area contributed by atoms with Gasteiger partial charge in [0.05, 0.1) is 0 Å². The van der Waals surface area contributed by atoms with Crippen LogP contribution in [0.1, 0.15) is 5.56 Å². The maximum atomic E-state index is 12.0. The summed E-state index contributed by atoms with van der Waals surface area (Å²) in [5.74, 6) is 2.00. The minimum Gasteiger partial charge on any atom is -0.484 e. The Morgan fingerprint density at radius 2 is 1.66 bits per heavy atom. The van der Waals surface area contributed by atoms with Gasteiger partial charge in [-0.15, -0.1) is 0 Å². The van der Waals surface area contributed by atoms with Gasteiger partial charge in [0, 0.05) is 17.9 Å². The zero-order chi connectivity index (χ0) is 19.9. The van der Waals surface area contributed by atoms with Gasteiger partial charge in [0.15, 0.2) is 18.1 Å². The summed E-state index contributed by atoms with van der Waals surface area (Å²) in [6, 6.07) is 23.2. The third kappa shape index (κ3) is 5.19. The van der Waals surface area contributed by atoms with E-state index in [0.717, 1.165) is 28.4 Å². The quantitative estimate of drug-likeness (QED) is 0.611. The minimum atomic E-state index is -0.155. The molecule has 1 heterocycles. The van der Waals surface area contributed by atoms with E-state index in [2.05, 4.69) is 10.6 Å². The highest BCUT2D eigenvalue weighted by molar-refractivity contribution is 5.77. The molecule has 0 unspecified atom stereocenters. The third-order valence-electron chi connectivity index (χ3n) is 4.46. The number of hydrogen-bond donors (Lipinski definition) is 2. The zero-order valence-electron chi connectivity index (χ0n) is 15.9. The molecule has 0 aromatic heterocycles. The second kappa shape index (κ2) is 9.01. The first-order valence-corrected chi connectivity index (χ1v) is 9.46. The van der Waals surface area contributed by atoms with Crippen molar-refractivity contribution in [3.8, 4) is 17.2 Å². The molecule has 29 heavy (non-hydrogen) atoms. The standard InChI is InChI=1S/C23H22N2O4/c26-23(24-13-12-17-6-11-21-22(14-17)29-16-28-21)15-27-20-9-7-19(8-10-20)25-18-4-2-1-3-5-18/h1-11,14,25H,12-13,15-16H2,(H,24,26). The van der Waals surface area contributed by atoms with Crippen molar-refractivity contribution in [2.24, 2.45) is 0 Å². The molecule has 0 saturated carbocycles. The third-order valence-corrected chi connectivity index (χ3v) is 4.46. The van der Waals surface area contributed by atoms with Gasteiger partial charge in [-0.05, 0) is 60.5 Å². The molecule has 6 heteroatoms. The average Bonchev–Trinajstić information content (AvgIpc) is 3.22. The molecule has 0 bridgehead atoms. The summed E-state index contributed by atoms with van der Waals surface area (Å²) < 4.78 is 16.2. The first-order chi connectivity index (χ1) is 14.3. The number of rotatable bonds is 8. The van der Waals surface area contributed by atoms with Crippen molar-refractivity contribution in [3.05, 3.63) is 78.4 Å². The fraction of sp³-hybridized carbons (Fsp3) is 0.174. The van der Waals surface area contributed by atoms with Gasteiger partial charge in [0.25, 0.3) is 5.91 Å². The van der Waals surface area contributed by atoms with Crippen molar-refractivity contribution < 1.29 is 19.0 Å². The lowest BCUT2D eigenvalue weighted by Gasteiger charge is -2.10. The Balaban J connectivity index is 1.18. The number of benzene rings is 3. The highest BCUT2D eigenvalue weighted by atomic mass is 16.7. The number of ether oxygens (including phenoxy) is 3. The predicted octanol–water partition coefficient (Wildman–Crippen LogP) is 3.90. The Kier molecular flexibility index (Phi) is 5.81. The van der Waals surface area contributed by atoms with Crippen LogP contribution in [0, 0.1) is 0 Å². The van der Waals surface area contributed by atoms with Crippen molar-refractivity contribution in [3.63, 3.8) is 0 Å². The average molecular weight is 390 g/mol. The highest BCUT2D eigenvalue weighted by Gasteiger charge is 2.13. The van der Waals surface area contributed by atoms with Crippen molar-refractivity contribution in [1.82, 2.24) is 5.32 Å². The molecule has 1 aliphatic rings. The zero-order valence-corrected chi connectivity index (χ0v) is 15.9. The Morgan fingerprint density at radius 1 is 0.897 bits per heavy atom. The Labute approximate surface area is 169 Å². The number of anilines is 2. The van der Waals surface area contributed by atoms with Crippen molar-refractivity contribution >= 4 is 17.3 Å². The summed E-state index contributed by atoms with van der Waals surface area (Å²) >= 11 is 0. The molecule has 0 spiro atoms. The fourth-order valence-corrected chi connectivity index (χ4v) is 2.97. The summed E-state index contributed by atoms with van der Waals surface area (Å²) in [6.07, 6.45) is 0.711. The summed E-state index contributed by atoms with van der Waals surface area (Å²) in [4.78, 5) is 12.0. The molecule has 6 nitrogen and oxygen atoms in total. The van der Waals surface area contributed by atoms with Crippen LogP contribution in [0.3, 0.4) is 0 Å². The molecule has 148 valence electrons. The number of para-hydroxylation sites is 1. The maximum Gasteiger partial charge on any atom is 0.257 e. The van der Waals surface area contributed by atoms with E-state index in [0.29, 0.717) is 18.7 Å². The number of nitrogens with one attached hydrogen (secondary N) is 2. The minimum absolute atomic E-state index is 0.0212. The van der Waals surface area contributed by atoms with Crippen LogP contribution in [0.5, 0.6) is 17.2 Å². The van der Waals surface area contributed by atoms with Gasteiger partial charge in [-0.2, -0.15) is 0 Å². The van der Waals surface area contributed by atoms with Gasteiger partial charge in [-0.3, -0.25) is 4.79 Å². The van der Waals surface area contributed by atoms with Crippen LogP contribution in [0.2, 0.25) is 0 Å². The molecule has 0 fully saturated rings. The normalized spacial score (nSPS) is 11.7. The monoisotopic (exact) mass is 390 g/mol. The van der Waals surface area contributed by atoms with E-state index in [1.165, 1.54) is 0 Å². The van der Waals surface area contributed by atoms with Crippen molar-refractivity contribution in [1.29, 1.82) is 0 Å². The van der Waals surface area contributed by atoms with Gasteiger partial charge < -0.3 is 24.8 Å². The van der Waals surface area contributed by atoms with Gasteiger partial charge in [0.2, 0.25) is 6.79 Å². The molecule has 0 radical (unpaired) electrons. The number of carbonyl (C=O) groups excluding carboxylic acids is 1. The molecule has 1 amide bonds. The topological polar surface area (TPSA) is 68.8 Å². The predicted molar refractivity (Wildman–Crippen MR) is 111 cm³/mol. The van der Waals surface area contributed by atoms with E-state index in [9.17, 15) is 4.79 Å². The summed E-state index contributed by atoms with van der Waals surface area (Å²) in [5.41, 5.74) is 3.05. The number of amides is 1. The first-order valence-electron chi connectivity index (χ1n) is 9.46. The van der Waals surface area contributed by atoms with Crippen LogP contribution in [0.4, 0.5) is 11.4 Å². The van der Waals surface area contributed by atoms with E-state index >= 15 is 0 Å². The molecule has 0 saturated heterocycles. The Hall–Kier alpha value is -3.67. The van der Waals surface area contributed by atoms with Gasteiger partial charge in [-0.1, -0.05) is 24.3 Å². The van der Waals surface area contributed by atoms with E-state index in [-0.39, 0.29) is 19.3 Å². The Bertz CT molecular complexity index is 958. The van der Waals surface area contributed by atoms with Crippen LogP contribution in [0.15, 0.2) is 72.8 Å². The van der Waals surface area contributed by atoms with E-state index in [4.69, 9.17) is 14.2 Å². The molecule has 1 aliphatic heterocycles. The molecule has 0 aliphatic carbocycles. The van der Waals surface area contributed by atoms with Crippen LogP contribution in [-0.2, 0) is 11.2 Å². The van der Waals surface area contributed by atoms with Crippen LogP contribution >= 0.6 is 0 Å². The van der Waals surface area contributed by atoms with Crippen LogP contribution in [0.25, 0.3) is 0 Å². The van der Waals surface area contributed by atoms with Gasteiger partial charge >= 0.3 is 0 Å². The molecule has 2 N–H and O–H groups in total. The smallest absolute Gasteiger partial charge is 0.257 e. The number of fused-ring (bicyclic) bond motifs is 1. The highest BCUT2D eigenvalue weighted by Crippen LogP contribution is 2.32. The summed E-state index contributed by atoms with van der Waals surface area (Å²) in [7, 11) is 0. The fourth-order valence-electron chi connectivity index (χ4n) is 2.97. The van der Waals surface area contributed by atoms with Gasteiger partial charge in [-0.25, -0.2) is 0 Å². The van der Waals surface area contributed by atoms with E-state index in [1.807, 2.05) is 72.8 Å². The lowest BCUT2D eigenvalue weighted by atomic mass is 10.1. The second-order valence-electron chi connectivity index (χ2n) is 6.59. The van der Waals surface area contributed by atoms with Crippen molar-refractivity contribution in [2.45, 2.75) is 6.42 Å². The molecular formula is C23H22N2O4. The molecule has 3 aromatic carbocycles. The lowest BCUT2D eigenvalue weighted by molar-refractivity contribution is -0.123. The largest absolute Gasteiger partial charge is 0.484 e. The van der Waals surface area contributed by atoms with E-state index < -0.39 is 0 Å². The molecule has 4 rings (SSSR count). The summed E-state index contributed by atoms with van der Waals surface area (Å²) in [5, 5.41) is 6.17. The Morgan fingerprint density at radius 3 is 2.48 bits per heavy atom. The van der Waals surface area contributed by atoms with Gasteiger partial charge in [0.1, 0.15) is 5.75 Å². The van der Waals surface area contributed by atoms with Crippen molar-refractivity contribution in [2.75, 3.05) is 25.3 Å². The van der Waals surface area contributed by atoms with Crippen LogP contribution < -0.4 is 24.8 Å². The maximum absolute atomic E-state index is 12.0. The number of hydrogen-bond acceptors (Lipinski definition) is 5. The first kappa shape index (κ1) is 18.7. The molecule has 3 aromatic rings. The molecule has 0 atom stereocenters. The SMILES string of the molecule is O=C(COc1ccc(Nc2ccccc2)cc1)NCCc1ccc2c(c1)OCO2. The molecular weight excluding hydrogens is 368 g/mol. The van der Waals surface area contributed by atoms with E-state index in [1.54, 1.807) is 0 Å². The number of carbonyl (C=O) groups is 1.